The highest BCUT2D eigenvalue weighted by Gasteiger charge is 2.16. The van der Waals surface area contributed by atoms with Crippen LogP contribution in [0.15, 0.2) is 78.0 Å². The van der Waals surface area contributed by atoms with Crippen LogP contribution in [0.5, 0.6) is 5.88 Å². The lowest BCUT2D eigenvalue weighted by Gasteiger charge is -2.33. The zero-order valence-electron chi connectivity index (χ0n) is 23.7. The number of rotatable bonds is 5. The molecule has 4 heterocycles. The second-order valence-corrected chi connectivity index (χ2v) is 10.5. The van der Waals surface area contributed by atoms with E-state index in [4.69, 9.17) is 21.3 Å². The summed E-state index contributed by atoms with van der Waals surface area (Å²) in [5, 5.41) is 0.959. The van der Waals surface area contributed by atoms with Gasteiger partial charge in [-0.2, -0.15) is 4.89 Å². The van der Waals surface area contributed by atoms with Crippen LogP contribution >= 0.6 is 12.6 Å². The minimum atomic E-state index is -0.627. The third-order valence-electron chi connectivity index (χ3n) is 7.01. The van der Waals surface area contributed by atoms with Crippen molar-refractivity contribution < 1.29 is 18.6 Å². The number of nitrogens with two attached hydrogens (primary N) is 2. The minimum absolute atomic E-state index is 0.163. The van der Waals surface area contributed by atoms with Crippen LogP contribution in [0.2, 0.25) is 0 Å². The molecule has 0 bridgehead atoms. The molecule has 0 aliphatic carbocycles. The average molecular weight is 604 g/mol. The van der Waals surface area contributed by atoms with Crippen molar-refractivity contribution in [3.05, 3.63) is 84.7 Å². The predicted molar refractivity (Wildman–Crippen MR) is 168 cm³/mol. The summed E-state index contributed by atoms with van der Waals surface area (Å²) < 4.78 is 24.3. The molecule has 0 atom stereocenters. The summed E-state index contributed by atoms with van der Waals surface area (Å²) in [6, 6.07) is 17.1. The van der Waals surface area contributed by atoms with Crippen molar-refractivity contribution in [3.63, 3.8) is 0 Å². The van der Waals surface area contributed by atoms with E-state index in [-0.39, 0.29) is 10.8 Å². The molecular formula is C31H31F2N7O2S. The molecule has 3 aromatic heterocycles. The van der Waals surface area contributed by atoms with E-state index >= 15 is 0 Å². The number of aromatic nitrogens is 3. The third-order valence-corrected chi connectivity index (χ3v) is 7.38. The molecule has 0 spiro atoms. The molecule has 222 valence electrons. The molecule has 1 aliphatic heterocycles. The Morgan fingerprint density at radius 3 is 2.23 bits per heavy atom. The molecule has 1 saturated heterocycles. The molecule has 6 rings (SSSR count). The molecule has 0 amide bonds. The molecule has 5 aromatic rings. The van der Waals surface area contributed by atoms with E-state index in [0.29, 0.717) is 11.5 Å². The van der Waals surface area contributed by atoms with Gasteiger partial charge in [-0.15, -0.1) is 12.6 Å². The lowest BCUT2D eigenvalue weighted by atomic mass is 10.0. The first-order valence-corrected chi connectivity index (χ1v) is 13.9. The molecule has 4 N–H and O–H groups in total. The molecule has 1 fully saturated rings. The maximum atomic E-state index is 12.3. The second-order valence-electron chi connectivity index (χ2n) is 9.99. The van der Waals surface area contributed by atoms with Gasteiger partial charge in [0.05, 0.1) is 18.3 Å². The number of hydrogen-bond donors (Lipinski definition) is 3. The maximum Gasteiger partial charge on any atom is 0.279 e. The van der Waals surface area contributed by atoms with Crippen LogP contribution in [0, 0.1) is 11.6 Å². The summed E-state index contributed by atoms with van der Waals surface area (Å²) in [6.45, 7) is 4.03. The van der Waals surface area contributed by atoms with Gasteiger partial charge in [0, 0.05) is 71.6 Å². The topological polar surface area (TPSA) is 116 Å². The Hall–Kier alpha value is -4.52. The summed E-state index contributed by atoms with van der Waals surface area (Å²) in [4.78, 5) is 28.0. The number of nitrogen functional groups attached to an aromatic ring is 2. The third kappa shape index (κ3) is 7.11. The van der Waals surface area contributed by atoms with Crippen molar-refractivity contribution in [1.82, 2.24) is 19.9 Å². The zero-order chi connectivity index (χ0) is 30.5. The highest BCUT2D eigenvalue weighted by molar-refractivity contribution is 7.80. The Morgan fingerprint density at radius 1 is 0.837 bits per heavy atom. The number of piperazine rings is 1. The zero-order valence-corrected chi connectivity index (χ0v) is 24.6. The Labute approximate surface area is 253 Å². The average Bonchev–Trinajstić information content (AvgIpc) is 3.00. The van der Waals surface area contributed by atoms with Gasteiger partial charge in [0.15, 0.2) is 0 Å². The SMILES string of the molecule is COOc1ncc(-c2ccc3nc(N)c(-c4ccc(N5CCN(C)CC5)nc4)cc3c2)cc1N.Fc1ccc(S)c(F)c1. The van der Waals surface area contributed by atoms with Crippen LogP contribution < -0.4 is 21.3 Å². The number of halogens is 2. The van der Waals surface area contributed by atoms with E-state index in [2.05, 4.69) is 56.5 Å². The molecule has 1 aliphatic rings. The van der Waals surface area contributed by atoms with Crippen molar-refractivity contribution in [2.24, 2.45) is 0 Å². The predicted octanol–water partition coefficient (Wildman–Crippen LogP) is 5.47. The fourth-order valence-corrected chi connectivity index (χ4v) is 4.77. The highest BCUT2D eigenvalue weighted by Crippen LogP contribution is 2.32. The summed E-state index contributed by atoms with van der Waals surface area (Å²) in [5.41, 5.74) is 17.2. The Balaban J connectivity index is 0.000000351. The molecule has 0 radical (unpaired) electrons. The van der Waals surface area contributed by atoms with Crippen LogP contribution in [0.25, 0.3) is 33.2 Å². The van der Waals surface area contributed by atoms with Gasteiger partial charge in [-0.1, -0.05) is 6.07 Å². The molecule has 0 unspecified atom stereocenters. The van der Waals surface area contributed by atoms with Crippen molar-refractivity contribution in [2.75, 3.05) is 56.7 Å². The highest BCUT2D eigenvalue weighted by atomic mass is 32.1. The number of hydrogen-bond acceptors (Lipinski definition) is 10. The quantitative estimate of drug-likeness (QED) is 0.137. The number of nitrogens with zero attached hydrogens (tertiary/aromatic N) is 5. The van der Waals surface area contributed by atoms with Gasteiger partial charge in [0.1, 0.15) is 23.3 Å². The van der Waals surface area contributed by atoms with Gasteiger partial charge in [0.25, 0.3) is 5.88 Å². The number of benzene rings is 2. The van der Waals surface area contributed by atoms with E-state index in [9.17, 15) is 8.78 Å². The summed E-state index contributed by atoms with van der Waals surface area (Å²) in [6.07, 6.45) is 3.56. The van der Waals surface area contributed by atoms with E-state index in [1.807, 2.05) is 30.5 Å². The number of fused-ring (bicyclic) bond motifs is 1. The first kappa shape index (κ1) is 30.0. The van der Waals surface area contributed by atoms with Crippen molar-refractivity contribution in [3.8, 4) is 28.1 Å². The Kier molecular flexibility index (Phi) is 9.19. The van der Waals surface area contributed by atoms with E-state index in [1.165, 1.54) is 13.2 Å². The lowest BCUT2D eigenvalue weighted by molar-refractivity contribution is -0.180. The molecule has 12 heteroatoms. The number of thiol groups is 1. The van der Waals surface area contributed by atoms with E-state index < -0.39 is 11.6 Å². The maximum absolute atomic E-state index is 12.3. The van der Waals surface area contributed by atoms with Crippen LogP contribution in [-0.4, -0.2) is 60.2 Å². The van der Waals surface area contributed by atoms with E-state index in [1.54, 1.807) is 12.3 Å². The molecule has 9 nitrogen and oxygen atoms in total. The van der Waals surface area contributed by atoms with E-state index in [0.717, 1.165) is 77.3 Å². The first-order chi connectivity index (χ1) is 20.7. The van der Waals surface area contributed by atoms with Gasteiger partial charge in [0.2, 0.25) is 0 Å². The van der Waals surface area contributed by atoms with Crippen LogP contribution in [-0.2, 0) is 4.89 Å². The van der Waals surface area contributed by atoms with Crippen molar-refractivity contribution in [1.29, 1.82) is 0 Å². The molecule has 0 saturated carbocycles. The number of pyridine rings is 3. The first-order valence-electron chi connectivity index (χ1n) is 13.4. The summed E-state index contributed by atoms with van der Waals surface area (Å²) >= 11 is 3.70. The number of anilines is 3. The standard InChI is InChI=1S/C25H27N7O2.C6H4F2S/c1-31-7-9-32(10-8-31)23-6-4-17(14-28-23)20-12-18-11-16(3-5-22(18)30-24(20)27)19-13-21(26)25(29-15-19)34-33-2;7-4-1-2-6(9)5(8)3-4/h3-6,11-15H,7-10,26H2,1-2H3,(H2,27,30);1-3,9H. The lowest BCUT2D eigenvalue weighted by Crippen LogP contribution is -2.44. The van der Waals surface area contributed by atoms with Crippen molar-refractivity contribution >= 4 is 40.9 Å². The van der Waals surface area contributed by atoms with Gasteiger partial charge in [-0.05, 0) is 61.1 Å². The largest absolute Gasteiger partial charge is 0.394 e. The van der Waals surface area contributed by atoms with Gasteiger partial charge in [-0.25, -0.2) is 23.7 Å². The minimum Gasteiger partial charge on any atom is -0.394 e. The smallest absolute Gasteiger partial charge is 0.279 e. The van der Waals surface area contributed by atoms with Crippen molar-refractivity contribution in [2.45, 2.75) is 4.90 Å². The van der Waals surface area contributed by atoms with Crippen LogP contribution in [0.4, 0.5) is 26.1 Å². The molecule has 2 aromatic carbocycles. The van der Waals surface area contributed by atoms with Crippen LogP contribution in [0.1, 0.15) is 0 Å². The monoisotopic (exact) mass is 603 g/mol. The van der Waals surface area contributed by atoms with Gasteiger partial charge in [-0.3, -0.25) is 0 Å². The van der Waals surface area contributed by atoms with Crippen LogP contribution in [0.3, 0.4) is 0 Å². The Bertz CT molecular complexity index is 1730. The summed E-state index contributed by atoms with van der Waals surface area (Å²) in [7, 11) is 3.55. The number of likely N-dealkylation sites (N-methyl/N-ethyl adjacent to an activating group) is 1. The Morgan fingerprint density at radius 2 is 1.58 bits per heavy atom. The molecule has 43 heavy (non-hydrogen) atoms. The second kappa shape index (κ2) is 13.2. The van der Waals surface area contributed by atoms with Gasteiger partial charge < -0.3 is 26.2 Å². The fourth-order valence-electron chi connectivity index (χ4n) is 4.63. The molecular weight excluding hydrogens is 572 g/mol. The fraction of sp³-hybridized carbons (Fsp3) is 0.194. The summed E-state index contributed by atoms with van der Waals surface area (Å²) in [5.74, 6) is 0.485. The van der Waals surface area contributed by atoms with Gasteiger partial charge >= 0.3 is 0 Å². The normalized spacial score (nSPS) is 13.5.